The molecule has 4 nitrogen and oxygen atoms in total. The summed E-state index contributed by atoms with van der Waals surface area (Å²) in [6, 6.07) is 8.86. The Labute approximate surface area is 150 Å². The molecule has 0 fully saturated rings. The van der Waals surface area contributed by atoms with E-state index in [2.05, 4.69) is 19.2 Å². The van der Waals surface area contributed by atoms with Crippen molar-refractivity contribution in [1.29, 1.82) is 0 Å². The maximum atomic E-state index is 14.0. The molecule has 2 aromatic carbocycles. The molecule has 2 N–H and O–H groups in total. The lowest BCUT2D eigenvalue weighted by Crippen LogP contribution is -2.15. The lowest BCUT2D eigenvalue weighted by molar-refractivity contribution is 0.0695. The van der Waals surface area contributed by atoms with E-state index in [4.69, 9.17) is 5.11 Å². The number of hydrogen-bond acceptors (Lipinski definition) is 3. The summed E-state index contributed by atoms with van der Waals surface area (Å²) in [6.07, 6.45) is 0. The number of halogens is 1. The number of anilines is 1. The van der Waals surface area contributed by atoms with Crippen LogP contribution in [0.25, 0.3) is 0 Å². The normalized spacial score (nSPS) is 10.8. The first kappa shape index (κ1) is 19.0. The van der Waals surface area contributed by atoms with Gasteiger partial charge in [-0.15, -0.1) is 0 Å². The topological polar surface area (TPSA) is 66.4 Å². The molecule has 0 aliphatic rings. The van der Waals surface area contributed by atoms with Gasteiger partial charge in [-0.05, 0) is 47.6 Å². The minimum atomic E-state index is -1.24. The van der Waals surface area contributed by atoms with Gasteiger partial charge in [0.2, 0.25) is 0 Å². The predicted octanol–water partition coefficient (Wildman–Crippen LogP) is 4.73. The van der Waals surface area contributed by atoms with Crippen LogP contribution in [-0.2, 0) is 5.75 Å². The fourth-order valence-corrected chi connectivity index (χ4v) is 3.08. The first-order valence-corrected chi connectivity index (χ1v) is 8.88. The minimum absolute atomic E-state index is 0.189. The molecule has 0 aromatic heterocycles. The molecule has 1 amide bonds. The monoisotopic (exact) mass is 361 g/mol. The first-order valence-electron chi connectivity index (χ1n) is 7.84. The Morgan fingerprint density at radius 2 is 1.96 bits per heavy atom. The number of carbonyl (C=O) groups is 2. The van der Waals surface area contributed by atoms with Crippen LogP contribution in [0.2, 0.25) is 0 Å². The lowest BCUT2D eigenvalue weighted by Gasteiger charge is -2.14. The fraction of sp³-hybridized carbons (Fsp3) is 0.263. The zero-order chi connectivity index (χ0) is 18.6. The van der Waals surface area contributed by atoms with Crippen molar-refractivity contribution in [3.63, 3.8) is 0 Å². The molecule has 0 aliphatic carbocycles. The van der Waals surface area contributed by atoms with Crippen LogP contribution in [0.3, 0.4) is 0 Å². The van der Waals surface area contributed by atoms with E-state index in [1.54, 1.807) is 17.8 Å². The largest absolute Gasteiger partial charge is 0.478 e. The molecule has 0 saturated carbocycles. The number of rotatable bonds is 6. The Balaban J connectivity index is 2.21. The van der Waals surface area contributed by atoms with Gasteiger partial charge in [-0.2, -0.15) is 11.8 Å². The van der Waals surface area contributed by atoms with Crippen molar-refractivity contribution in [2.75, 3.05) is 5.32 Å². The Hall–Kier alpha value is -2.34. The average Bonchev–Trinajstić information content (AvgIpc) is 2.55. The van der Waals surface area contributed by atoms with Gasteiger partial charge in [0.1, 0.15) is 5.82 Å². The molecule has 6 heteroatoms. The summed E-state index contributed by atoms with van der Waals surface area (Å²) in [7, 11) is 0. The fourth-order valence-electron chi connectivity index (χ4n) is 2.25. The summed E-state index contributed by atoms with van der Waals surface area (Å²) in [4.78, 5) is 23.2. The van der Waals surface area contributed by atoms with Crippen molar-refractivity contribution in [2.24, 2.45) is 0 Å². The molecule has 0 saturated heterocycles. The second-order valence-corrected chi connectivity index (χ2v) is 7.47. The molecule has 0 aliphatic heterocycles. The molecule has 0 atom stereocenters. The van der Waals surface area contributed by atoms with E-state index in [1.165, 1.54) is 12.1 Å². The van der Waals surface area contributed by atoms with E-state index < -0.39 is 17.7 Å². The molecule has 0 spiro atoms. The summed E-state index contributed by atoms with van der Waals surface area (Å²) >= 11 is 1.80. The summed E-state index contributed by atoms with van der Waals surface area (Å²) < 4.78 is 14.0. The predicted molar refractivity (Wildman–Crippen MR) is 98.9 cm³/mol. The van der Waals surface area contributed by atoms with Crippen molar-refractivity contribution in [1.82, 2.24) is 0 Å². The Morgan fingerprint density at radius 3 is 2.56 bits per heavy atom. The van der Waals surface area contributed by atoms with E-state index in [-0.39, 0.29) is 11.1 Å². The van der Waals surface area contributed by atoms with Crippen LogP contribution in [-0.4, -0.2) is 22.2 Å². The van der Waals surface area contributed by atoms with Crippen LogP contribution >= 0.6 is 11.8 Å². The van der Waals surface area contributed by atoms with Crippen molar-refractivity contribution >= 4 is 29.3 Å². The van der Waals surface area contributed by atoms with Gasteiger partial charge in [0.25, 0.3) is 5.91 Å². The quantitative estimate of drug-likeness (QED) is 0.781. The van der Waals surface area contributed by atoms with E-state index in [0.29, 0.717) is 10.9 Å². The van der Waals surface area contributed by atoms with Crippen LogP contribution < -0.4 is 5.32 Å². The number of carboxylic acids is 1. The summed E-state index contributed by atoms with van der Waals surface area (Å²) in [6.45, 7) is 6.15. The smallest absolute Gasteiger partial charge is 0.335 e. The van der Waals surface area contributed by atoms with Gasteiger partial charge in [0.15, 0.2) is 0 Å². The molecule has 0 unspecified atom stereocenters. The highest BCUT2D eigenvalue weighted by atomic mass is 32.2. The van der Waals surface area contributed by atoms with E-state index in [1.807, 2.05) is 19.1 Å². The summed E-state index contributed by atoms with van der Waals surface area (Å²) in [5.74, 6) is -1.88. The molecule has 2 aromatic rings. The number of benzene rings is 2. The highest BCUT2D eigenvalue weighted by molar-refractivity contribution is 7.99. The third kappa shape index (κ3) is 4.82. The minimum Gasteiger partial charge on any atom is -0.478 e. The molecule has 2 rings (SSSR count). The van der Waals surface area contributed by atoms with Gasteiger partial charge in [-0.3, -0.25) is 4.79 Å². The molecule has 0 heterocycles. The van der Waals surface area contributed by atoms with Crippen LogP contribution in [0, 0.1) is 12.7 Å². The van der Waals surface area contributed by atoms with Gasteiger partial charge >= 0.3 is 5.97 Å². The maximum Gasteiger partial charge on any atom is 0.335 e. The van der Waals surface area contributed by atoms with Gasteiger partial charge < -0.3 is 10.4 Å². The summed E-state index contributed by atoms with van der Waals surface area (Å²) in [5.41, 5.74) is 2.28. The number of carbonyl (C=O) groups excluding carboxylic acids is 1. The molecular formula is C19H20FNO3S. The van der Waals surface area contributed by atoms with Gasteiger partial charge in [-0.1, -0.05) is 26.0 Å². The number of aromatic carboxylic acids is 1. The lowest BCUT2D eigenvalue weighted by atomic mass is 10.1. The Kier molecular flexibility index (Phi) is 6.20. The Bertz CT molecular complexity index is 805. The van der Waals surface area contributed by atoms with Crippen LogP contribution in [0.1, 0.15) is 45.7 Å². The van der Waals surface area contributed by atoms with E-state index >= 15 is 0 Å². The maximum absolute atomic E-state index is 14.0. The second-order valence-electron chi connectivity index (χ2n) is 5.90. The molecule has 0 radical (unpaired) electrons. The average molecular weight is 361 g/mol. The SMILES string of the molecule is Cc1c(CSC(C)C)cccc1NC(=O)c1ccc(C(=O)O)cc1F. The van der Waals surface area contributed by atoms with Crippen molar-refractivity contribution in [2.45, 2.75) is 31.8 Å². The second kappa shape index (κ2) is 8.16. The first-order chi connectivity index (χ1) is 11.8. The van der Waals surface area contributed by atoms with Crippen molar-refractivity contribution < 1.29 is 19.1 Å². The van der Waals surface area contributed by atoms with E-state index in [9.17, 15) is 14.0 Å². The number of amides is 1. The molecule has 0 bridgehead atoms. The van der Waals surface area contributed by atoms with Gasteiger partial charge in [0.05, 0.1) is 11.1 Å². The number of nitrogens with one attached hydrogen (secondary N) is 1. The third-order valence-corrected chi connectivity index (χ3v) is 4.87. The molecule has 25 heavy (non-hydrogen) atoms. The van der Waals surface area contributed by atoms with Crippen molar-refractivity contribution in [3.8, 4) is 0 Å². The number of hydrogen-bond donors (Lipinski definition) is 2. The highest BCUT2D eigenvalue weighted by Gasteiger charge is 2.16. The zero-order valence-corrected chi connectivity index (χ0v) is 15.1. The van der Waals surface area contributed by atoms with Crippen molar-refractivity contribution in [3.05, 3.63) is 64.5 Å². The van der Waals surface area contributed by atoms with E-state index in [0.717, 1.165) is 22.9 Å². The third-order valence-electron chi connectivity index (χ3n) is 3.73. The number of carboxylic acid groups (broad SMARTS) is 1. The van der Waals surface area contributed by atoms with Crippen LogP contribution in [0.15, 0.2) is 36.4 Å². The summed E-state index contributed by atoms with van der Waals surface area (Å²) in [5, 5.41) is 12.1. The Morgan fingerprint density at radius 1 is 1.24 bits per heavy atom. The van der Waals surface area contributed by atoms with Gasteiger partial charge in [-0.25, -0.2) is 9.18 Å². The van der Waals surface area contributed by atoms with Gasteiger partial charge in [0, 0.05) is 11.4 Å². The molecule has 132 valence electrons. The van der Waals surface area contributed by atoms with Crippen LogP contribution in [0.4, 0.5) is 10.1 Å². The standard InChI is InChI=1S/C19H20FNO3S/c1-11(2)25-10-14-5-4-6-17(12(14)3)21-18(22)15-8-7-13(19(23)24)9-16(15)20/h4-9,11H,10H2,1-3H3,(H,21,22)(H,23,24). The highest BCUT2D eigenvalue weighted by Crippen LogP contribution is 2.25. The van der Waals surface area contributed by atoms with Crippen LogP contribution in [0.5, 0.6) is 0 Å². The zero-order valence-electron chi connectivity index (χ0n) is 14.3. The number of thioether (sulfide) groups is 1. The molecular weight excluding hydrogens is 341 g/mol.